The molecule has 2 atom stereocenters. The van der Waals surface area contributed by atoms with Gasteiger partial charge in [0.25, 0.3) is 0 Å². The molecule has 0 saturated heterocycles. The molecule has 1 heterocycles. The van der Waals surface area contributed by atoms with Crippen LogP contribution in [-0.2, 0) is 26.8 Å². The zero-order chi connectivity index (χ0) is 18.9. The highest BCUT2D eigenvalue weighted by Crippen LogP contribution is 2.08. The summed E-state index contributed by atoms with van der Waals surface area (Å²) in [5.74, 6) is -0.221. The lowest BCUT2D eigenvalue weighted by molar-refractivity contribution is -0.119. The summed E-state index contributed by atoms with van der Waals surface area (Å²) in [4.78, 5) is 23.8. The maximum Gasteiger partial charge on any atom is 0.237 e. The summed E-state index contributed by atoms with van der Waals surface area (Å²) in [5, 5.41) is 5.47. The molecule has 26 heavy (non-hydrogen) atoms. The van der Waals surface area contributed by atoms with Crippen LogP contribution in [0.15, 0.2) is 47.1 Å². The summed E-state index contributed by atoms with van der Waals surface area (Å²) in [6.07, 6.45) is 3.06. The number of furan rings is 1. The van der Waals surface area contributed by atoms with Crippen molar-refractivity contribution in [2.24, 2.45) is 0 Å². The highest BCUT2D eigenvalue weighted by molar-refractivity contribution is 7.86. The van der Waals surface area contributed by atoms with Gasteiger partial charge in [0, 0.05) is 28.9 Å². The second kappa shape index (κ2) is 9.91. The van der Waals surface area contributed by atoms with Crippen molar-refractivity contribution in [2.45, 2.75) is 32.7 Å². The third-order valence-electron chi connectivity index (χ3n) is 3.73. The Morgan fingerprint density at radius 2 is 1.81 bits per heavy atom. The number of hydrogen-bond acceptors (Lipinski definition) is 4. The summed E-state index contributed by atoms with van der Waals surface area (Å²) < 4.78 is 17.3. The molecule has 0 aliphatic rings. The predicted molar refractivity (Wildman–Crippen MR) is 102 cm³/mol. The highest BCUT2D eigenvalue weighted by atomic mass is 32.2. The maximum absolute atomic E-state index is 12.0. The Balaban J connectivity index is 1.68. The smallest absolute Gasteiger partial charge is 0.237 e. The topological polar surface area (TPSA) is 88.4 Å². The highest BCUT2D eigenvalue weighted by Gasteiger charge is 2.14. The van der Waals surface area contributed by atoms with Crippen molar-refractivity contribution in [1.82, 2.24) is 5.32 Å². The van der Waals surface area contributed by atoms with E-state index in [0.29, 0.717) is 5.69 Å². The van der Waals surface area contributed by atoms with E-state index in [-0.39, 0.29) is 29.4 Å². The Hall–Kier alpha value is -2.41. The van der Waals surface area contributed by atoms with E-state index >= 15 is 0 Å². The number of carbonyl (C=O) groups is 2. The van der Waals surface area contributed by atoms with Crippen molar-refractivity contribution >= 4 is 28.3 Å². The van der Waals surface area contributed by atoms with Crippen molar-refractivity contribution in [2.75, 3.05) is 16.8 Å². The van der Waals surface area contributed by atoms with Gasteiger partial charge in [-0.25, -0.2) is 0 Å². The summed E-state index contributed by atoms with van der Waals surface area (Å²) in [5.41, 5.74) is 1.73. The maximum atomic E-state index is 12.0. The molecule has 0 radical (unpaired) electrons. The van der Waals surface area contributed by atoms with Crippen molar-refractivity contribution in [3.05, 3.63) is 54.0 Å². The Bertz CT molecular complexity index is 741. The molecule has 0 saturated carbocycles. The fourth-order valence-electron chi connectivity index (χ4n) is 2.38. The SMILES string of the molecule is Cc1ccc(NC(=O)C[S@@](=O)CC(=O)N[C@H](C)CCc2ccco2)cc1. The second-order valence-electron chi connectivity index (χ2n) is 6.23. The average molecular weight is 376 g/mol. The molecule has 2 rings (SSSR count). The van der Waals surface area contributed by atoms with Gasteiger partial charge in [0.2, 0.25) is 11.8 Å². The lowest BCUT2D eigenvalue weighted by atomic mass is 10.1. The van der Waals surface area contributed by atoms with E-state index in [1.165, 1.54) is 0 Å². The van der Waals surface area contributed by atoms with Crippen LogP contribution in [0.3, 0.4) is 0 Å². The molecular weight excluding hydrogens is 352 g/mol. The van der Waals surface area contributed by atoms with E-state index < -0.39 is 10.8 Å². The standard InChI is InChI=1S/C19H24N2O4S/c1-14-5-8-16(9-6-14)21-19(23)13-26(24)12-18(22)20-15(2)7-10-17-4-3-11-25-17/h3-6,8-9,11,15H,7,10,12-13H2,1-2H3,(H,20,22)(H,21,23)/t15-,26+/m1/s1. The van der Waals surface area contributed by atoms with Crippen LogP contribution in [0.25, 0.3) is 0 Å². The molecule has 0 aliphatic carbocycles. The van der Waals surface area contributed by atoms with Crippen LogP contribution < -0.4 is 10.6 Å². The third-order valence-corrected chi connectivity index (χ3v) is 4.90. The van der Waals surface area contributed by atoms with Crippen molar-refractivity contribution < 1.29 is 18.2 Å². The van der Waals surface area contributed by atoms with Crippen LogP contribution in [0.1, 0.15) is 24.7 Å². The minimum atomic E-state index is -1.55. The molecule has 0 fully saturated rings. The molecule has 2 N–H and O–H groups in total. The number of anilines is 1. The molecule has 0 spiro atoms. The Labute approximate surface area is 155 Å². The minimum absolute atomic E-state index is 0.0639. The fourth-order valence-corrected chi connectivity index (χ4v) is 3.22. The van der Waals surface area contributed by atoms with Crippen LogP contribution in [0.5, 0.6) is 0 Å². The van der Waals surface area contributed by atoms with Crippen LogP contribution in [0.4, 0.5) is 5.69 Å². The lowest BCUT2D eigenvalue weighted by Gasteiger charge is -2.13. The summed E-state index contributed by atoms with van der Waals surface area (Å²) >= 11 is 0. The van der Waals surface area contributed by atoms with E-state index in [4.69, 9.17) is 4.42 Å². The van der Waals surface area contributed by atoms with Gasteiger partial charge in [-0.1, -0.05) is 17.7 Å². The zero-order valence-corrected chi connectivity index (χ0v) is 15.8. The van der Waals surface area contributed by atoms with E-state index in [0.717, 1.165) is 24.2 Å². The first-order chi connectivity index (χ1) is 12.4. The Kier molecular flexibility index (Phi) is 7.59. The number of amides is 2. The molecular formula is C19H24N2O4S. The van der Waals surface area contributed by atoms with Gasteiger partial charge < -0.3 is 15.1 Å². The predicted octanol–water partition coefficient (Wildman–Crippen LogP) is 2.41. The average Bonchev–Trinajstić information content (AvgIpc) is 3.08. The number of rotatable bonds is 9. The molecule has 2 amide bonds. The van der Waals surface area contributed by atoms with Crippen LogP contribution >= 0.6 is 0 Å². The monoisotopic (exact) mass is 376 g/mol. The molecule has 6 nitrogen and oxygen atoms in total. The van der Waals surface area contributed by atoms with Crippen molar-refractivity contribution in [3.63, 3.8) is 0 Å². The Morgan fingerprint density at radius 1 is 1.12 bits per heavy atom. The van der Waals surface area contributed by atoms with Gasteiger partial charge in [-0.2, -0.15) is 0 Å². The van der Waals surface area contributed by atoms with Crippen LogP contribution in [0.2, 0.25) is 0 Å². The van der Waals surface area contributed by atoms with Gasteiger partial charge in [-0.15, -0.1) is 0 Å². The lowest BCUT2D eigenvalue weighted by Crippen LogP contribution is -2.37. The van der Waals surface area contributed by atoms with Gasteiger partial charge >= 0.3 is 0 Å². The number of nitrogens with one attached hydrogen (secondary N) is 2. The van der Waals surface area contributed by atoms with Gasteiger partial charge in [0.15, 0.2) is 0 Å². The van der Waals surface area contributed by atoms with E-state index in [1.54, 1.807) is 18.4 Å². The normalized spacial score (nSPS) is 13.0. The Morgan fingerprint density at radius 3 is 2.46 bits per heavy atom. The van der Waals surface area contributed by atoms with Crippen molar-refractivity contribution in [1.29, 1.82) is 0 Å². The molecule has 0 unspecified atom stereocenters. The first kappa shape index (κ1) is 19.9. The summed E-state index contributed by atoms with van der Waals surface area (Å²) in [6, 6.07) is 11.0. The molecule has 1 aromatic heterocycles. The van der Waals surface area contributed by atoms with E-state index in [2.05, 4.69) is 10.6 Å². The number of benzene rings is 1. The van der Waals surface area contributed by atoms with E-state index in [1.807, 2.05) is 38.1 Å². The number of hydrogen-bond donors (Lipinski definition) is 2. The van der Waals surface area contributed by atoms with Crippen LogP contribution in [0, 0.1) is 6.92 Å². The first-order valence-electron chi connectivity index (χ1n) is 8.45. The minimum Gasteiger partial charge on any atom is -0.469 e. The summed E-state index contributed by atoms with van der Waals surface area (Å²) in [7, 11) is -1.55. The quantitative estimate of drug-likeness (QED) is 0.703. The zero-order valence-electron chi connectivity index (χ0n) is 15.0. The molecule has 2 aromatic rings. The molecule has 1 aromatic carbocycles. The third kappa shape index (κ3) is 7.23. The second-order valence-corrected chi connectivity index (χ2v) is 7.69. The molecule has 0 bridgehead atoms. The van der Waals surface area contributed by atoms with Crippen molar-refractivity contribution in [3.8, 4) is 0 Å². The summed E-state index contributed by atoms with van der Waals surface area (Å²) in [6.45, 7) is 3.84. The molecule has 7 heteroatoms. The van der Waals surface area contributed by atoms with Gasteiger partial charge in [0.1, 0.15) is 17.3 Å². The number of carbonyl (C=O) groups excluding carboxylic acids is 2. The van der Waals surface area contributed by atoms with E-state index in [9.17, 15) is 13.8 Å². The number of aryl methyl sites for hydroxylation is 2. The van der Waals surface area contributed by atoms with Gasteiger partial charge in [-0.05, 0) is 44.5 Å². The fraction of sp³-hybridized carbons (Fsp3) is 0.368. The van der Waals surface area contributed by atoms with Crippen LogP contribution in [-0.4, -0.2) is 33.6 Å². The molecule has 140 valence electrons. The van der Waals surface area contributed by atoms with Gasteiger partial charge in [-0.3, -0.25) is 13.8 Å². The van der Waals surface area contributed by atoms with Gasteiger partial charge in [0.05, 0.1) is 6.26 Å². The largest absolute Gasteiger partial charge is 0.469 e. The molecule has 0 aliphatic heterocycles. The first-order valence-corrected chi connectivity index (χ1v) is 9.94.